The number of carboxylic acid groups (broad SMARTS) is 1. The van der Waals surface area contributed by atoms with Gasteiger partial charge >= 0.3 is 5.97 Å². The fourth-order valence-electron chi connectivity index (χ4n) is 3.31. The van der Waals surface area contributed by atoms with Gasteiger partial charge in [0.15, 0.2) is 0 Å². The van der Waals surface area contributed by atoms with Crippen molar-refractivity contribution >= 4 is 17.6 Å². The number of rotatable bonds is 4. The highest BCUT2D eigenvalue weighted by atomic mass is 35.5. The predicted molar refractivity (Wildman–Crippen MR) is 77.4 cm³/mol. The zero-order chi connectivity index (χ0) is 14.8. The molecule has 1 fully saturated rings. The van der Waals surface area contributed by atoms with E-state index in [1.165, 1.54) is 6.07 Å². The Morgan fingerprint density at radius 2 is 2.30 bits per heavy atom. The third-order valence-corrected chi connectivity index (χ3v) is 4.96. The minimum Gasteiger partial charge on any atom is -0.481 e. The van der Waals surface area contributed by atoms with Gasteiger partial charge in [-0.15, -0.1) is 0 Å². The van der Waals surface area contributed by atoms with Crippen LogP contribution in [0.15, 0.2) is 18.2 Å². The molecule has 2 nitrogen and oxygen atoms in total. The molecule has 1 aromatic rings. The van der Waals surface area contributed by atoms with Crippen molar-refractivity contribution in [3.63, 3.8) is 0 Å². The molecule has 1 saturated carbocycles. The SMILES string of the molecule is CCC1CCCC(Cc2cccc(F)c2Cl)(C(=O)O)C1. The van der Waals surface area contributed by atoms with Crippen molar-refractivity contribution in [1.29, 1.82) is 0 Å². The first-order valence-corrected chi connectivity index (χ1v) is 7.52. The molecule has 1 aliphatic carbocycles. The van der Waals surface area contributed by atoms with Gasteiger partial charge in [-0.05, 0) is 36.8 Å². The standard InChI is InChI=1S/C16H20ClFO2/c1-2-11-5-4-8-16(9-11,15(19)20)10-12-6-3-7-13(18)14(12)17/h3,6-7,11H,2,4-5,8-10H2,1H3,(H,19,20). The van der Waals surface area contributed by atoms with Crippen LogP contribution in [-0.4, -0.2) is 11.1 Å². The van der Waals surface area contributed by atoms with Crippen molar-refractivity contribution in [3.8, 4) is 0 Å². The van der Waals surface area contributed by atoms with Crippen LogP contribution >= 0.6 is 11.6 Å². The van der Waals surface area contributed by atoms with Gasteiger partial charge in [0, 0.05) is 0 Å². The molecule has 0 aliphatic heterocycles. The van der Waals surface area contributed by atoms with Crippen LogP contribution in [0.4, 0.5) is 4.39 Å². The van der Waals surface area contributed by atoms with Crippen LogP contribution in [0, 0.1) is 17.2 Å². The zero-order valence-corrected chi connectivity index (χ0v) is 12.4. The van der Waals surface area contributed by atoms with E-state index in [0.717, 1.165) is 19.3 Å². The average Bonchev–Trinajstić information content (AvgIpc) is 2.44. The van der Waals surface area contributed by atoms with E-state index < -0.39 is 17.2 Å². The molecule has 0 bridgehead atoms. The molecule has 2 unspecified atom stereocenters. The van der Waals surface area contributed by atoms with Crippen LogP contribution in [0.1, 0.15) is 44.6 Å². The maximum atomic E-state index is 13.5. The van der Waals surface area contributed by atoms with Gasteiger partial charge in [-0.3, -0.25) is 4.79 Å². The van der Waals surface area contributed by atoms with Gasteiger partial charge < -0.3 is 5.11 Å². The molecule has 0 aromatic heterocycles. The molecule has 2 atom stereocenters. The summed E-state index contributed by atoms with van der Waals surface area (Å²) in [6.07, 6.45) is 4.61. The van der Waals surface area contributed by atoms with Crippen molar-refractivity contribution in [2.24, 2.45) is 11.3 Å². The summed E-state index contributed by atoms with van der Waals surface area (Å²) < 4.78 is 13.5. The highest BCUT2D eigenvalue weighted by Gasteiger charge is 2.42. The van der Waals surface area contributed by atoms with Gasteiger partial charge in [0.2, 0.25) is 0 Å². The van der Waals surface area contributed by atoms with Gasteiger partial charge in [-0.25, -0.2) is 4.39 Å². The Hall–Kier alpha value is -1.09. The summed E-state index contributed by atoms with van der Waals surface area (Å²) in [5.74, 6) is -0.823. The largest absolute Gasteiger partial charge is 0.481 e. The van der Waals surface area contributed by atoms with E-state index in [-0.39, 0.29) is 5.02 Å². The van der Waals surface area contributed by atoms with E-state index in [1.807, 2.05) is 0 Å². The summed E-state index contributed by atoms with van der Waals surface area (Å²) in [5, 5.41) is 9.75. The average molecular weight is 299 g/mol. The Morgan fingerprint density at radius 3 is 2.95 bits per heavy atom. The second-order valence-electron chi connectivity index (χ2n) is 5.85. The first-order chi connectivity index (χ1) is 9.48. The maximum absolute atomic E-state index is 13.5. The lowest BCUT2D eigenvalue weighted by Crippen LogP contribution is -2.38. The van der Waals surface area contributed by atoms with Crippen LogP contribution in [0.2, 0.25) is 5.02 Å². The van der Waals surface area contributed by atoms with Crippen LogP contribution in [0.3, 0.4) is 0 Å². The molecule has 20 heavy (non-hydrogen) atoms. The Balaban J connectivity index is 2.30. The molecule has 0 radical (unpaired) electrons. The number of carboxylic acids is 1. The van der Waals surface area contributed by atoms with Gasteiger partial charge in [0.25, 0.3) is 0 Å². The summed E-state index contributed by atoms with van der Waals surface area (Å²) >= 11 is 5.98. The monoisotopic (exact) mass is 298 g/mol. The molecule has 1 aromatic carbocycles. The highest BCUT2D eigenvalue weighted by Crippen LogP contribution is 2.44. The summed E-state index contributed by atoms with van der Waals surface area (Å²) in [6, 6.07) is 4.62. The fourth-order valence-corrected chi connectivity index (χ4v) is 3.51. The van der Waals surface area contributed by atoms with Crippen LogP contribution in [0.25, 0.3) is 0 Å². The second kappa shape index (κ2) is 6.13. The van der Waals surface area contributed by atoms with Crippen LogP contribution in [-0.2, 0) is 11.2 Å². The van der Waals surface area contributed by atoms with E-state index in [9.17, 15) is 14.3 Å². The van der Waals surface area contributed by atoms with Gasteiger partial charge in [-0.1, -0.05) is 49.9 Å². The Morgan fingerprint density at radius 1 is 1.55 bits per heavy atom. The van der Waals surface area contributed by atoms with E-state index in [1.54, 1.807) is 12.1 Å². The first kappa shape index (κ1) is 15.3. The Labute approximate surface area is 123 Å². The minimum absolute atomic E-state index is 0.0618. The number of halogens is 2. The lowest BCUT2D eigenvalue weighted by Gasteiger charge is -2.37. The van der Waals surface area contributed by atoms with Gasteiger partial charge in [-0.2, -0.15) is 0 Å². The molecular weight excluding hydrogens is 279 g/mol. The highest BCUT2D eigenvalue weighted by molar-refractivity contribution is 6.31. The first-order valence-electron chi connectivity index (χ1n) is 7.15. The van der Waals surface area contributed by atoms with E-state index in [4.69, 9.17) is 11.6 Å². The summed E-state index contributed by atoms with van der Waals surface area (Å²) in [7, 11) is 0. The predicted octanol–water partition coefficient (Wildman–Crippen LogP) is 4.69. The second-order valence-corrected chi connectivity index (χ2v) is 6.22. The minimum atomic E-state index is -0.795. The van der Waals surface area contributed by atoms with Crippen LogP contribution in [0.5, 0.6) is 0 Å². The molecule has 0 heterocycles. The molecule has 1 N–H and O–H groups in total. The van der Waals surface area contributed by atoms with Gasteiger partial charge in [0.05, 0.1) is 10.4 Å². The number of benzene rings is 1. The molecule has 0 saturated heterocycles. The fraction of sp³-hybridized carbons (Fsp3) is 0.562. The summed E-state index contributed by atoms with van der Waals surface area (Å²) in [5.41, 5.74) is -0.193. The van der Waals surface area contributed by atoms with E-state index in [2.05, 4.69) is 6.92 Å². The van der Waals surface area contributed by atoms with E-state index >= 15 is 0 Å². The topological polar surface area (TPSA) is 37.3 Å². The van der Waals surface area contributed by atoms with Crippen molar-refractivity contribution in [2.75, 3.05) is 0 Å². The Bertz CT molecular complexity index is 503. The summed E-state index contributed by atoms with van der Waals surface area (Å²) in [6.45, 7) is 2.10. The number of hydrogen-bond donors (Lipinski definition) is 1. The number of aliphatic carboxylic acids is 1. The zero-order valence-electron chi connectivity index (χ0n) is 11.7. The molecule has 4 heteroatoms. The van der Waals surface area contributed by atoms with Crippen molar-refractivity contribution < 1.29 is 14.3 Å². The smallest absolute Gasteiger partial charge is 0.309 e. The van der Waals surface area contributed by atoms with Gasteiger partial charge in [0.1, 0.15) is 5.82 Å². The molecule has 1 aliphatic rings. The normalized spacial score (nSPS) is 26.4. The molecular formula is C16H20ClFO2. The Kier molecular flexibility index (Phi) is 4.69. The molecule has 0 amide bonds. The summed E-state index contributed by atoms with van der Waals surface area (Å²) in [4.78, 5) is 11.8. The van der Waals surface area contributed by atoms with Crippen molar-refractivity contribution in [2.45, 2.75) is 45.4 Å². The third-order valence-electron chi connectivity index (χ3n) is 4.54. The molecule has 110 valence electrons. The quantitative estimate of drug-likeness (QED) is 0.875. The molecule has 0 spiro atoms. The number of hydrogen-bond acceptors (Lipinski definition) is 1. The van der Waals surface area contributed by atoms with E-state index in [0.29, 0.717) is 30.7 Å². The lowest BCUT2D eigenvalue weighted by atomic mass is 9.66. The van der Waals surface area contributed by atoms with Crippen LogP contribution < -0.4 is 0 Å². The molecule has 2 rings (SSSR count). The van der Waals surface area contributed by atoms with Crippen molar-refractivity contribution in [1.82, 2.24) is 0 Å². The lowest BCUT2D eigenvalue weighted by molar-refractivity contribution is -0.152. The third kappa shape index (κ3) is 2.98. The van der Waals surface area contributed by atoms with Crippen molar-refractivity contribution in [3.05, 3.63) is 34.6 Å². The maximum Gasteiger partial charge on any atom is 0.309 e. The number of carbonyl (C=O) groups is 1.